The van der Waals surface area contributed by atoms with Crippen LogP contribution in [0.25, 0.3) is 0 Å². The number of aliphatic hydroxyl groups excluding tert-OH is 1. The van der Waals surface area contributed by atoms with Crippen molar-refractivity contribution < 1.29 is 19.4 Å². The number of carbonyl (C=O) groups is 2. The molecule has 0 fully saturated rings. The third kappa shape index (κ3) is 8.93. The Kier molecular flexibility index (Phi) is 9.86. The highest BCUT2D eigenvalue weighted by atomic mass is 16.6. The summed E-state index contributed by atoms with van der Waals surface area (Å²) in [5.41, 5.74) is 1.05. The number of hydrogen-bond acceptors (Lipinski definition) is 5. The van der Waals surface area contributed by atoms with E-state index in [9.17, 15) is 14.7 Å². The summed E-state index contributed by atoms with van der Waals surface area (Å²) in [6.07, 6.45) is 2.99. The second kappa shape index (κ2) is 12.9. The van der Waals surface area contributed by atoms with Crippen LogP contribution in [0.1, 0.15) is 74.4 Å². The molecule has 0 bridgehead atoms. The summed E-state index contributed by atoms with van der Waals surface area (Å²) >= 11 is 0. The summed E-state index contributed by atoms with van der Waals surface area (Å²) in [5, 5.41) is 14.4. The van der Waals surface area contributed by atoms with Gasteiger partial charge in [0.25, 0.3) is 0 Å². The van der Waals surface area contributed by atoms with Crippen LogP contribution in [0.15, 0.2) is 79.5 Å². The van der Waals surface area contributed by atoms with Gasteiger partial charge in [-0.2, -0.15) is 0 Å². The van der Waals surface area contributed by atoms with E-state index in [1.807, 2.05) is 74.5 Å². The van der Waals surface area contributed by atoms with Gasteiger partial charge in [-0.3, -0.25) is 4.79 Å². The Hall–Kier alpha value is -3.71. The van der Waals surface area contributed by atoms with Crippen molar-refractivity contribution in [2.24, 2.45) is 5.41 Å². The maximum atomic E-state index is 13.0. The highest BCUT2D eigenvalue weighted by Gasteiger charge is 2.31. The molecule has 0 spiro atoms. The number of nitrogens with one attached hydrogen (secondary N) is 2. The van der Waals surface area contributed by atoms with Gasteiger partial charge in [0.2, 0.25) is 0 Å². The number of aromatic amines is 1. The highest BCUT2D eigenvalue weighted by Crippen LogP contribution is 2.28. The third-order valence-corrected chi connectivity index (χ3v) is 6.64. The maximum absolute atomic E-state index is 13.0. The van der Waals surface area contributed by atoms with Crippen LogP contribution in [0.3, 0.4) is 0 Å². The predicted octanol–water partition coefficient (Wildman–Crippen LogP) is 6.02. The molecular weight excluding hydrogens is 490 g/mol. The maximum Gasteiger partial charge on any atom is 0.407 e. The second-order valence-corrected chi connectivity index (χ2v) is 11.6. The van der Waals surface area contributed by atoms with Crippen molar-refractivity contribution in [3.05, 3.63) is 102 Å². The molecule has 1 amide bonds. The van der Waals surface area contributed by atoms with Gasteiger partial charge in [0.15, 0.2) is 5.78 Å². The van der Waals surface area contributed by atoms with E-state index >= 15 is 0 Å². The van der Waals surface area contributed by atoms with Crippen molar-refractivity contribution in [2.75, 3.05) is 0 Å². The molecule has 3 rings (SSSR count). The van der Waals surface area contributed by atoms with E-state index in [-0.39, 0.29) is 11.7 Å². The van der Waals surface area contributed by atoms with Crippen molar-refractivity contribution in [2.45, 2.75) is 77.5 Å². The van der Waals surface area contributed by atoms with Crippen LogP contribution in [-0.2, 0) is 17.6 Å². The Morgan fingerprint density at radius 1 is 1.00 bits per heavy atom. The SMILES string of the molecule is C=CC(C)(C)C(=O)c1cnc(C(Cc2ccccc2)C[C@H](O)C(Cc2ccccc2)NC(=O)OC(C)(C)C)[nH]1. The van der Waals surface area contributed by atoms with E-state index in [2.05, 4.69) is 21.9 Å². The van der Waals surface area contributed by atoms with E-state index in [0.717, 1.165) is 11.1 Å². The Labute approximate surface area is 231 Å². The topological polar surface area (TPSA) is 104 Å². The number of hydrogen-bond donors (Lipinski definition) is 3. The van der Waals surface area contributed by atoms with E-state index < -0.39 is 29.3 Å². The first-order chi connectivity index (χ1) is 18.4. The van der Waals surface area contributed by atoms with Crippen molar-refractivity contribution >= 4 is 11.9 Å². The van der Waals surface area contributed by atoms with E-state index in [4.69, 9.17) is 4.74 Å². The number of benzene rings is 2. The van der Waals surface area contributed by atoms with Gasteiger partial charge < -0.3 is 20.1 Å². The largest absolute Gasteiger partial charge is 0.444 e. The van der Waals surface area contributed by atoms with E-state index in [0.29, 0.717) is 30.8 Å². The molecule has 2 aromatic carbocycles. The molecule has 0 saturated carbocycles. The fourth-order valence-electron chi connectivity index (χ4n) is 4.36. The van der Waals surface area contributed by atoms with Crippen LogP contribution in [0.2, 0.25) is 0 Å². The minimum atomic E-state index is -0.916. The number of rotatable bonds is 12. The van der Waals surface area contributed by atoms with Gasteiger partial charge >= 0.3 is 6.09 Å². The standard InChI is InChI=1S/C32H41N3O4/c1-7-32(5,6)28(37)26-21-33-29(34-26)24(18-22-14-10-8-11-15-22)20-27(36)25(19-23-16-12-9-13-17-23)35-30(38)39-31(2,3)4/h7-17,21,24-25,27,36H,1,18-20H2,2-6H3,(H,33,34)(H,35,38)/t24?,25?,27-/m0/s1. The number of amides is 1. The average molecular weight is 532 g/mol. The molecule has 0 aliphatic carbocycles. The molecule has 3 N–H and O–H groups in total. The van der Waals surface area contributed by atoms with Crippen LogP contribution in [-0.4, -0.2) is 44.7 Å². The number of aromatic nitrogens is 2. The monoisotopic (exact) mass is 531 g/mol. The Morgan fingerprint density at radius 2 is 1.56 bits per heavy atom. The van der Waals surface area contributed by atoms with Gasteiger partial charge in [0.1, 0.15) is 17.1 Å². The normalized spacial score (nSPS) is 14.2. The van der Waals surface area contributed by atoms with Gasteiger partial charge in [0, 0.05) is 11.3 Å². The first kappa shape index (κ1) is 29.8. The first-order valence-corrected chi connectivity index (χ1v) is 13.4. The fraction of sp³-hybridized carbons (Fsp3) is 0.406. The van der Waals surface area contributed by atoms with Crippen molar-refractivity contribution in [3.8, 4) is 0 Å². The summed E-state index contributed by atoms with van der Waals surface area (Å²) in [5.74, 6) is 0.259. The van der Waals surface area contributed by atoms with Gasteiger partial charge in [-0.15, -0.1) is 6.58 Å². The number of nitrogens with zero attached hydrogens (tertiary/aromatic N) is 1. The number of alkyl carbamates (subject to hydrolysis) is 1. The number of aliphatic hydroxyl groups is 1. The Morgan fingerprint density at radius 3 is 2.10 bits per heavy atom. The number of carbonyl (C=O) groups excluding carboxylic acids is 2. The molecule has 208 valence electrons. The summed E-state index contributed by atoms with van der Waals surface area (Å²) in [6.45, 7) is 12.8. The van der Waals surface area contributed by atoms with E-state index in [1.165, 1.54) is 0 Å². The molecule has 0 aliphatic heterocycles. The van der Waals surface area contributed by atoms with Gasteiger partial charge in [-0.25, -0.2) is 9.78 Å². The zero-order valence-electron chi connectivity index (χ0n) is 23.6. The molecule has 1 aromatic heterocycles. The molecule has 3 atom stereocenters. The summed E-state index contributed by atoms with van der Waals surface area (Å²) in [4.78, 5) is 33.5. The van der Waals surface area contributed by atoms with Gasteiger partial charge in [0.05, 0.1) is 18.3 Å². The Balaban J connectivity index is 1.88. The van der Waals surface area contributed by atoms with Crippen molar-refractivity contribution in [1.82, 2.24) is 15.3 Å². The third-order valence-electron chi connectivity index (χ3n) is 6.64. The molecular formula is C32H41N3O4. The summed E-state index contributed by atoms with van der Waals surface area (Å²) in [7, 11) is 0. The van der Waals surface area contributed by atoms with Gasteiger partial charge in [-0.05, 0) is 65.0 Å². The van der Waals surface area contributed by atoms with Crippen LogP contribution >= 0.6 is 0 Å². The number of allylic oxidation sites excluding steroid dienone is 1. The van der Waals surface area contributed by atoms with Crippen LogP contribution in [0.4, 0.5) is 4.79 Å². The number of Topliss-reactive ketones (excluding diaryl/α,β-unsaturated/α-hetero) is 1. The number of imidazole rings is 1. The molecule has 7 nitrogen and oxygen atoms in total. The molecule has 0 aliphatic rings. The van der Waals surface area contributed by atoms with Gasteiger partial charge in [-0.1, -0.05) is 66.7 Å². The molecule has 3 aromatic rings. The minimum Gasteiger partial charge on any atom is -0.444 e. The summed E-state index contributed by atoms with van der Waals surface area (Å²) in [6, 6.07) is 19.0. The molecule has 0 saturated heterocycles. The Bertz CT molecular complexity index is 1230. The lowest BCUT2D eigenvalue weighted by atomic mass is 9.87. The molecule has 1 heterocycles. The average Bonchev–Trinajstić information content (AvgIpc) is 3.37. The van der Waals surface area contributed by atoms with Crippen LogP contribution in [0, 0.1) is 5.41 Å². The lowest BCUT2D eigenvalue weighted by molar-refractivity contribution is 0.0404. The molecule has 7 heteroatoms. The first-order valence-electron chi connectivity index (χ1n) is 13.4. The number of ether oxygens (including phenoxy) is 1. The molecule has 2 unspecified atom stereocenters. The van der Waals surface area contributed by atoms with Crippen LogP contribution in [0.5, 0.6) is 0 Å². The van der Waals surface area contributed by atoms with E-state index in [1.54, 1.807) is 33.0 Å². The highest BCUT2D eigenvalue weighted by molar-refractivity contribution is 5.99. The van der Waals surface area contributed by atoms with Crippen molar-refractivity contribution in [3.63, 3.8) is 0 Å². The second-order valence-electron chi connectivity index (χ2n) is 11.6. The molecule has 39 heavy (non-hydrogen) atoms. The lowest BCUT2D eigenvalue weighted by Gasteiger charge is -2.29. The molecule has 0 radical (unpaired) electrons. The zero-order chi connectivity index (χ0) is 28.6. The van der Waals surface area contributed by atoms with Crippen molar-refractivity contribution in [1.29, 1.82) is 0 Å². The fourth-order valence-corrected chi connectivity index (χ4v) is 4.36. The predicted molar refractivity (Wildman–Crippen MR) is 154 cm³/mol. The number of ketones is 1. The quantitative estimate of drug-likeness (QED) is 0.196. The van der Waals surface area contributed by atoms with Crippen LogP contribution < -0.4 is 5.32 Å². The summed E-state index contributed by atoms with van der Waals surface area (Å²) < 4.78 is 5.49. The number of H-pyrrole nitrogens is 1. The zero-order valence-corrected chi connectivity index (χ0v) is 23.6. The lowest BCUT2D eigenvalue weighted by Crippen LogP contribution is -2.47. The smallest absolute Gasteiger partial charge is 0.407 e. The minimum absolute atomic E-state index is 0.108.